The number of amides is 1. The third kappa shape index (κ3) is 5.00. The minimum Gasteiger partial charge on any atom is -0.350 e. The van der Waals surface area contributed by atoms with Crippen molar-refractivity contribution in [2.75, 3.05) is 26.3 Å². The second-order valence-electron chi connectivity index (χ2n) is 4.29. The summed E-state index contributed by atoms with van der Waals surface area (Å²) in [7, 11) is 0. The third-order valence-electron chi connectivity index (χ3n) is 2.49. The molecule has 0 aromatic rings. The maximum Gasteiger partial charge on any atom is 0.256 e. The van der Waals surface area contributed by atoms with Gasteiger partial charge in [-0.05, 0) is 6.42 Å². The Labute approximate surface area is 112 Å². The lowest BCUT2D eigenvalue weighted by Crippen LogP contribution is -2.45. The molecule has 1 heterocycles. The fourth-order valence-electron chi connectivity index (χ4n) is 1.62. The first kappa shape index (κ1) is 15.0. The predicted molar refractivity (Wildman–Crippen MR) is 67.2 cm³/mol. The van der Waals surface area contributed by atoms with Crippen LogP contribution in [0.2, 0.25) is 0 Å². The fraction of sp³-hybridized carbons (Fsp3) is 0.909. The van der Waals surface area contributed by atoms with Crippen molar-refractivity contribution < 1.29 is 14.3 Å². The van der Waals surface area contributed by atoms with E-state index in [1.165, 1.54) is 0 Å². The van der Waals surface area contributed by atoms with Crippen LogP contribution in [-0.4, -0.2) is 48.2 Å². The van der Waals surface area contributed by atoms with E-state index in [0.29, 0.717) is 32.2 Å². The first-order valence-corrected chi connectivity index (χ1v) is 6.72. The van der Waals surface area contributed by atoms with Crippen LogP contribution in [0.1, 0.15) is 20.3 Å². The van der Waals surface area contributed by atoms with Crippen LogP contribution in [0, 0.1) is 5.92 Å². The van der Waals surface area contributed by atoms with Crippen molar-refractivity contribution in [3.05, 3.63) is 0 Å². The number of hydrogen-bond donors (Lipinski definition) is 0. The Balaban J connectivity index is 2.46. The van der Waals surface area contributed by atoms with Crippen molar-refractivity contribution in [1.29, 1.82) is 0 Å². The average molecular weight is 284 g/mol. The van der Waals surface area contributed by atoms with Crippen LogP contribution in [0.15, 0.2) is 0 Å². The minimum absolute atomic E-state index is 0.291. The molecule has 0 atom stereocenters. The lowest BCUT2D eigenvalue weighted by atomic mass is 10.2. The monoisotopic (exact) mass is 283 g/mol. The molecule has 1 rings (SSSR count). The van der Waals surface area contributed by atoms with Gasteiger partial charge in [-0.25, -0.2) is 0 Å². The van der Waals surface area contributed by atoms with Crippen LogP contribution < -0.4 is 0 Å². The van der Waals surface area contributed by atoms with Gasteiger partial charge in [-0.1, -0.05) is 37.0 Å². The molecule has 1 saturated heterocycles. The average Bonchev–Trinajstić information content (AvgIpc) is 2.30. The molecule has 4 nitrogen and oxygen atoms in total. The Hall–Kier alpha value is -0.0300. The molecular formula is C11H19Cl2NO3. The molecule has 0 aromatic carbocycles. The normalized spacial score (nSPS) is 25.0. The van der Waals surface area contributed by atoms with Gasteiger partial charge in [0.1, 0.15) is 0 Å². The summed E-state index contributed by atoms with van der Waals surface area (Å²) in [5.74, 6) is 0.108. The molecule has 6 heteroatoms. The summed E-state index contributed by atoms with van der Waals surface area (Å²) in [6.07, 6.45) is 0.476. The Morgan fingerprint density at radius 2 is 2.00 bits per heavy atom. The highest BCUT2D eigenvalue weighted by Gasteiger charge is 2.26. The molecule has 0 saturated carbocycles. The van der Waals surface area contributed by atoms with Gasteiger partial charge in [-0.15, -0.1) is 0 Å². The van der Waals surface area contributed by atoms with Crippen LogP contribution in [-0.2, 0) is 14.3 Å². The van der Waals surface area contributed by atoms with Gasteiger partial charge in [0.05, 0.1) is 19.8 Å². The van der Waals surface area contributed by atoms with Gasteiger partial charge >= 0.3 is 0 Å². The second-order valence-corrected chi connectivity index (χ2v) is 5.38. The summed E-state index contributed by atoms with van der Waals surface area (Å²) in [5.41, 5.74) is 0. The van der Waals surface area contributed by atoms with Crippen LogP contribution in [0.3, 0.4) is 0 Å². The molecule has 0 spiro atoms. The minimum atomic E-state index is -1.02. The highest BCUT2D eigenvalue weighted by Crippen LogP contribution is 2.14. The zero-order valence-corrected chi connectivity index (χ0v) is 11.7. The zero-order valence-electron chi connectivity index (χ0n) is 10.2. The standard InChI is InChI=1S/C11H19Cl2NO3/c1-3-4-14(11(15)10(12)13)5-9-16-6-8(2)7-17-9/h8-10H,3-7H2,1-2H3. The number of carbonyl (C=O) groups excluding carboxylic acids is 1. The first-order valence-electron chi connectivity index (χ1n) is 5.84. The number of ether oxygens (including phenoxy) is 2. The van der Waals surface area contributed by atoms with Crippen molar-refractivity contribution >= 4 is 29.1 Å². The van der Waals surface area contributed by atoms with Crippen LogP contribution in [0.25, 0.3) is 0 Å². The maximum absolute atomic E-state index is 11.7. The van der Waals surface area contributed by atoms with E-state index < -0.39 is 4.84 Å². The van der Waals surface area contributed by atoms with E-state index in [0.717, 1.165) is 6.42 Å². The zero-order chi connectivity index (χ0) is 12.8. The van der Waals surface area contributed by atoms with Gasteiger partial charge in [0, 0.05) is 12.5 Å². The highest BCUT2D eigenvalue weighted by molar-refractivity contribution is 6.53. The van der Waals surface area contributed by atoms with Crippen LogP contribution in [0.4, 0.5) is 0 Å². The Morgan fingerprint density at radius 3 is 2.47 bits per heavy atom. The van der Waals surface area contributed by atoms with Crippen molar-refractivity contribution in [1.82, 2.24) is 4.90 Å². The molecular weight excluding hydrogens is 265 g/mol. The number of hydrogen-bond acceptors (Lipinski definition) is 3. The summed E-state index contributed by atoms with van der Waals surface area (Å²) in [6.45, 7) is 6.35. The van der Waals surface area contributed by atoms with Gasteiger partial charge in [-0.3, -0.25) is 4.79 Å². The van der Waals surface area contributed by atoms with E-state index in [1.54, 1.807) is 4.90 Å². The van der Waals surface area contributed by atoms with Crippen molar-refractivity contribution in [3.8, 4) is 0 Å². The smallest absolute Gasteiger partial charge is 0.256 e. The summed E-state index contributed by atoms with van der Waals surface area (Å²) in [5, 5.41) is 0. The van der Waals surface area contributed by atoms with Crippen molar-refractivity contribution in [2.45, 2.75) is 31.4 Å². The quantitative estimate of drug-likeness (QED) is 0.725. The molecule has 1 fully saturated rings. The van der Waals surface area contributed by atoms with Gasteiger partial charge in [0.25, 0.3) is 5.91 Å². The van der Waals surface area contributed by atoms with E-state index in [2.05, 4.69) is 6.92 Å². The molecule has 0 aliphatic carbocycles. The van der Waals surface area contributed by atoms with E-state index >= 15 is 0 Å². The maximum atomic E-state index is 11.7. The number of alkyl halides is 2. The largest absolute Gasteiger partial charge is 0.350 e. The van der Waals surface area contributed by atoms with Gasteiger partial charge < -0.3 is 14.4 Å². The molecule has 1 amide bonds. The number of halogens is 2. The number of nitrogens with zero attached hydrogens (tertiary/aromatic N) is 1. The van der Waals surface area contributed by atoms with E-state index in [4.69, 9.17) is 32.7 Å². The summed E-state index contributed by atoms with van der Waals surface area (Å²) < 4.78 is 11.0. The molecule has 17 heavy (non-hydrogen) atoms. The van der Waals surface area contributed by atoms with E-state index in [-0.39, 0.29) is 12.2 Å². The second kappa shape index (κ2) is 7.41. The Bertz CT molecular complexity index is 243. The number of rotatable bonds is 5. The molecule has 0 radical (unpaired) electrons. The van der Waals surface area contributed by atoms with Crippen LogP contribution >= 0.6 is 23.2 Å². The van der Waals surface area contributed by atoms with Gasteiger partial charge in [0.15, 0.2) is 11.1 Å². The first-order chi connectivity index (χ1) is 8.04. The fourth-order valence-corrected chi connectivity index (χ4v) is 1.90. The third-order valence-corrected chi connectivity index (χ3v) is 2.87. The molecule has 1 aliphatic rings. The molecule has 0 N–H and O–H groups in total. The van der Waals surface area contributed by atoms with Gasteiger partial charge in [0.2, 0.25) is 0 Å². The SMILES string of the molecule is CCCN(CC1OCC(C)CO1)C(=O)C(Cl)Cl. The van der Waals surface area contributed by atoms with Crippen molar-refractivity contribution in [3.63, 3.8) is 0 Å². The predicted octanol–water partition coefficient (Wildman–Crippen LogP) is 2.04. The van der Waals surface area contributed by atoms with E-state index in [9.17, 15) is 4.79 Å². The topological polar surface area (TPSA) is 38.8 Å². The molecule has 0 bridgehead atoms. The Morgan fingerprint density at radius 1 is 1.41 bits per heavy atom. The van der Waals surface area contributed by atoms with Crippen molar-refractivity contribution in [2.24, 2.45) is 5.92 Å². The molecule has 1 aliphatic heterocycles. The lowest BCUT2D eigenvalue weighted by Gasteiger charge is -2.32. The summed E-state index contributed by atoms with van der Waals surface area (Å²) in [6, 6.07) is 0. The Kier molecular flexibility index (Phi) is 6.55. The lowest BCUT2D eigenvalue weighted by molar-refractivity contribution is -0.205. The van der Waals surface area contributed by atoms with Gasteiger partial charge in [-0.2, -0.15) is 0 Å². The number of carbonyl (C=O) groups is 1. The summed E-state index contributed by atoms with van der Waals surface area (Å²) >= 11 is 11.2. The summed E-state index contributed by atoms with van der Waals surface area (Å²) in [4.78, 5) is 12.3. The van der Waals surface area contributed by atoms with Crippen LogP contribution in [0.5, 0.6) is 0 Å². The van der Waals surface area contributed by atoms with E-state index in [1.807, 2.05) is 6.92 Å². The molecule has 0 unspecified atom stereocenters. The molecule has 0 aromatic heterocycles. The molecule has 100 valence electrons. The highest BCUT2D eigenvalue weighted by atomic mass is 35.5.